The van der Waals surface area contributed by atoms with Crippen LogP contribution in [-0.2, 0) is 13.6 Å². The third-order valence-corrected chi connectivity index (χ3v) is 6.55. The van der Waals surface area contributed by atoms with Crippen LogP contribution in [0.3, 0.4) is 0 Å². The van der Waals surface area contributed by atoms with E-state index in [0.29, 0.717) is 33.3 Å². The number of hydrogen-bond donors (Lipinski definition) is 0. The van der Waals surface area contributed by atoms with E-state index in [-0.39, 0.29) is 5.56 Å². The maximum atomic E-state index is 13.3. The third-order valence-electron chi connectivity index (χ3n) is 5.45. The number of thioether (sulfide) groups is 1. The van der Waals surface area contributed by atoms with Crippen molar-refractivity contribution in [3.8, 4) is 6.07 Å². The highest BCUT2D eigenvalue weighted by molar-refractivity contribution is 7.98. The van der Waals surface area contributed by atoms with Gasteiger partial charge in [-0.05, 0) is 37.1 Å². The van der Waals surface area contributed by atoms with E-state index >= 15 is 0 Å². The summed E-state index contributed by atoms with van der Waals surface area (Å²) in [5.74, 6) is 0.782. The van der Waals surface area contributed by atoms with E-state index < -0.39 is 0 Å². The number of aromatic nitrogens is 3. The summed E-state index contributed by atoms with van der Waals surface area (Å²) >= 11 is 7.83. The summed E-state index contributed by atoms with van der Waals surface area (Å²) in [5, 5.41) is 11.3. The predicted octanol–water partition coefficient (Wildman–Crippen LogP) is 4.02. The Labute approximate surface area is 178 Å². The Morgan fingerprint density at radius 2 is 1.97 bits per heavy atom. The molecule has 0 N–H and O–H groups in total. The molecular formula is C21H22ClN5OS. The number of piperidine rings is 1. The van der Waals surface area contributed by atoms with Gasteiger partial charge in [0.2, 0.25) is 0 Å². The van der Waals surface area contributed by atoms with Gasteiger partial charge in [-0.15, -0.1) is 0 Å². The van der Waals surface area contributed by atoms with Crippen LogP contribution >= 0.6 is 23.4 Å². The molecule has 1 aliphatic heterocycles. The van der Waals surface area contributed by atoms with Crippen LogP contribution in [0, 0.1) is 11.3 Å². The van der Waals surface area contributed by atoms with E-state index in [4.69, 9.17) is 11.6 Å². The first-order valence-electron chi connectivity index (χ1n) is 9.62. The largest absolute Gasteiger partial charge is 0.357 e. The van der Waals surface area contributed by atoms with E-state index in [9.17, 15) is 10.1 Å². The molecule has 150 valence electrons. The smallest absolute Gasteiger partial charge is 0.278 e. The third kappa shape index (κ3) is 3.41. The molecule has 0 saturated carbocycles. The van der Waals surface area contributed by atoms with Gasteiger partial charge in [-0.2, -0.15) is 5.26 Å². The molecule has 3 aromatic rings. The van der Waals surface area contributed by atoms with Crippen LogP contribution in [0.1, 0.15) is 30.4 Å². The average molecular weight is 428 g/mol. The zero-order chi connectivity index (χ0) is 20.5. The standard InChI is InChI=1S/C21H22ClN5OS/c1-25-20(28)18-17(24-21(25)29-2)15(12-23)19(26-10-6-3-7-11-26)27(18)13-14-8-4-5-9-16(14)22/h4-5,8-9H,3,6-7,10-11,13H2,1-2H3. The summed E-state index contributed by atoms with van der Waals surface area (Å²) in [6.45, 7) is 2.14. The van der Waals surface area contributed by atoms with Crippen LogP contribution in [0.25, 0.3) is 11.0 Å². The van der Waals surface area contributed by atoms with Crippen LogP contribution in [0.15, 0.2) is 34.2 Å². The van der Waals surface area contributed by atoms with Crippen molar-refractivity contribution in [2.45, 2.75) is 31.0 Å². The van der Waals surface area contributed by atoms with Crippen LogP contribution in [0.4, 0.5) is 5.82 Å². The number of benzene rings is 1. The lowest BCUT2D eigenvalue weighted by Gasteiger charge is -2.30. The normalized spacial score (nSPS) is 14.3. The first-order chi connectivity index (χ1) is 14.1. The Balaban J connectivity index is 2.05. The predicted molar refractivity (Wildman–Crippen MR) is 118 cm³/mol. The summed E-state index contributed by atoms with van der Waals surface area (Å²) in [5.41, 5.74) is 2.17. The first kappa shape index (κ1) is 19.9. The van der Waals surface area contributed by atoms with Gasteiger partial charge in [0, 0.05) is 25.2 Å². The number of hydrogen-bond acceptors (Lipinski definition) is 5. The number of nitriles is 1. The molecule has 3 heterocycles. The van der Waals surface area contributed by atoms with Crippen LogP contribution in [-0.4, -0.2) is 33.5 Å². The average Bonchev–Trinajstić information content (AvgIpc) is 3.06. The van der Waals surface area contributed by atoms with E-state index in [1.54, 1.807) is 11.6 Å². The molecule has 6 nitrogen and oxygen atoms in total. The van der Waals surface area contributed by atoms with E-state index in [2.05, 4.69) is 16.0 Å². The van der Waals surface area contributed by atoms with Gasteiger partial charge in [0.15, 0.2) is 5.16 Å². The van der Waals surface area contributed by atoms with Gasteiger partial charge in [-0.1, -0.05) is 41.6 Å². The summed E-state index contributed by atoms with van der Waals surface area (Å²) in [7, 11) is 1.72. The number of halogens is 1. The minimum absolute atomic E-state index is 0.147. The molecule has 0 radical (unpaired) electrons. The number of anilines is 1. The molecule has 29 heavy (non-hydrogen) atoms. The van der Waals surface area contributed by atoms with Crippen LogP contribution in [0.5, 0.6) is 0 Å². The van der Waals surface area contributed by atoms with Crippen molar-refractivity contribution in [1.29, 1.82) is 5.26 Å². The first-order valence-corrected chi connectivity index (χ1v) is 11.2. The Morgan fingerprint density at radius 3 is 2.62 bits per heavy atom. The van der Waals surface area contributed by atoms with Gasteiger partial charge in [-0.25, -0.2) is 4.98 Å². The van der Waals surface area contributed by atoms with E-state index in [0.717, 1.165) is 37.3 Å². The second kappa shape index (κ2) is 8.13. The number of rotatable bonds is 4. The highest BCUT2D eigenvalue weighted by Crippen LogP contribution is 2.34. The van der Waals surface area contributed by atoms with Crippen molar-refractivity contribution in [3.63, 3.8) is 0 Å². The van der Waals surface area contributed by atoms with E-state index in [1.165, 1.54) is 18.2 Å². The number of fused-ring (bicyclic) bond motifs is 1. The molecule has 1 aromatic carbocycles. The molecular weight excluding hydrogens is 406 g/mol. The summed E-state index contributed by atoms with van der Waals surface area (Å²) < 4.78 is 3.50. The second-order valence-corrected chi connectivity index (χ2v) is 8.38. The maximum absolute atomic E-state index is 13.3. The highest BCUT2D eigenvalue weighted by Gasteiger charge is 2.27. The maximum Gasteiger partial charge on any atom is 0.278 e. The van der Waals surface area contributed by atoms with Gasteiger partial charge >= 0.3 is 0 Å². The molecule has 0 spiro atoms. The molecule has 0 amide bonds. The Morgan fingerprint density at radius 1 is 1.24 bits per heavy atom. The molecule has 1 aliphatic rings. The fourth-order valence-electron chi connectivity index (χ4n) is 4.01. The molecule has 1 fully saturated rings. The minimum atomic E-state index is -0.147. The molecule has 1 saturated heterocycles. The molecule has 0 aliphatic carbocycles. The minimum Gasteiger partial charge on any atom is -0.357 e. The molecule has 0 atom stereocenters. The Bertz CT molecular complexity index is 1170. The van der Waals surface area contributed by atoms with Gasteiger partial charge in [0.05, 0.1) is 6.54 Å². The quantitative estimate of drug-likeness (QED) is 0.464. The summed E-state index contributed by atoms with van der Waals surface area (Å²) in [4.78, 5) is 20.2. The zero-order valence-corrected chi connectivity index (χ0v) is 18.1. The van der Waals surface area contributed by atoms with Crippen LogP contribution in [0.2, 0.25) is 5.02 Å². The molecule has 0 unspecified atom stereocenters. The zero-order valence-electron chi connectivity index (χ0n) is 16.5. The second-order valence-electron chi connectivity index (χ2n) is 7.20. The Kier molecular flexibility index (Phi) is 5.57. The van der Waals surface area contributed by atoms with Gasteiger partial charge in [-0.3, -0.25) is 9.36 Å². The van der Waals surface area contributed by atoms with E-state index in [1.807, 2.05) is 35.1 Å². The Hall–Kier alpha value is -2.43. The van der Waals surface area contributed by atoms with Crippen molar-refractivity contribution >= 4 is 40.2 Å². The number of nitrogens with zero attached hydrogens (tertiary/aromatic N) is 5. The fourth-order valence-corrected chi connectivity index (χ4v) is 4.74. The van der Waals surface area contributed by atoms with Gasteiger partial charge in [0.1, 0.15) is 28.5 Å². The van der Waals surface area contributed by atoms with Crippen molar-refractivity contribution in [1.82, 2.24) is 14.1 Å². The molecule has 8 heteroatoms. The van der Waals surface area contributed by atoms with Crippen molar-refractivity contribution in [3.05, 3.63) is 50.8 Å². The summed E-state index contributed by atoms with van der Waals surface area (Å²) in [6, 6.07) is 9.95. The lowest BCUT2D eigenvalue weighted by molar-refractivity contribution is 0.565. The SMILES string of the molecule is CSc1nc2c(C#N)c(N3CCCCC3)n(Cc3ccccc3Cl)c2c(=O)n1C. The van der Waals surface area contributed by atoms with Crippen LogP contribution < -0.4 is 10.5 Å². The molecule has 0 bridgehead atoms. The monoisotopic (exact) mass is 427 g/mol. The van der Waals surface area contributed by atoms with Gasteiger partial charge < -0.3 is 9.47 Å². The summed E-state index contributed by atoms with van der Waals surface area (Å²) in [6.07, 6.45) is 5.20. The van der Waals surface area contributed by atoms with Crippen molar-refractivity contribution < 1.29 is 0 Å². The van der Waals surface area contributed by atoms with Gasteiger partial charge in [0.25, 0.3) is 5.56 Å². The van der Waals surface area contributed by atoms with Crippen molar-refractivity contribution in [2.75, 3.05) is 24.2 Å². The molecule has 2 aromatic heterocycles. The fraction of sp³-hybridized carbons (Fsp3) is 0.381. The lowest BCUT2D eigenvalue weighted by atomic mass is 10.1. The van der Waals surface area contributed by atoms with Crippen molar-refractivity contribution in [2.24, 2.45) is 7.05 Å². The highest BCUT2D eigenvalue weighted by atomic mass is 35.5. The topological polar surface area (TPSA) is 66.8 Å². The molecule has 4 rings (SSSR count). The lowest BCUT2D eigenvalue weighted by Crippen LogP contribution is -2.32.